The number of halogens is 2. The zero-order valence-electron chi connectivity index (χ0n) is 19.3. The molecular formula is C23H33F2N3O6. The number of aryl methyl sites for hydroxylation is 1. The predicted octanol–water partition coefficient (Wildman–Crippen LogP) is 1.27. The van der Waals surface area contributed by atoms with Gasteiger partial charge in [0.2, 0.25) is 11.8 Å². The minimum absolute atomic E-state index is 0.0340. The van der Waals surface area contributed by atoms with Gasteiger partial charge in [-0.1, -0.05) is 37.3 Å². The Kier molecular flexibility index (Phi) is 11.9. The van der Waals surface area contributed by atoms with Crippen molar-refractivity contribution in [1.29, 1.82) is 0 Å². The monoisotopic (exact) mass is 485 g/mol. The minimum atomic E-state index is -3.14. The molecule has 190 valence electrons. The fraction of sp³-hybridized carbons (Fsp3) is 0.609. The summed E-state index contributed by atoms with van der Waals surface area (Å²) in [5, 5.41) is 14.3. The number of alkyl halides is 2. The molecule has 3 atom stereocenters. The summed E-state index contributed by atoms with van der Waals surface area (Å²) in [6.07, 6.45) is 1.61. The summed E-state index contributed by atoms with van der Waals surface area (Å²) in [7, 11) is 0. The van der Waals surface area contributed by atoms with Crippen molar-refractivity contribution >= 4 is 17.8 Å². The quantitative estimate of drug-likeness (QED) is 0.363. The molecule has 0 aliphatic carbocycles. The van der Waals surface area contributed by atoms with Gasteiger partial charge in [0.15, 0.2) is 0 Å². The molecule has 0 bridgehead atoms. The van der Waals surface area contributed by atoms with Gasteiger partial charge in [0.25, 0.3) is 0 Å². The Morgan fingerprint density at radius 3 is 2.41 bits per heavy atom. The number of carbonyl (C=O) groups excluding carboxylic acids is 2. The van der Waals surface area contributed by atoms with Gasteiger partial charge in [-0.3, -0.25) is 14.5 Å². The third-order valence-electron chi connectivity index (χ3n) is 5.53. The highest BCUT2D eigenvalue weighted by Crippen LogP contribution is 2.15. The summed E-state index contributed by atoms with van der Waals surface area (Å²) in [5.74, 6) is -2.72. The molecule has 0 saturated carbocycles. The minimum Gasteiger partial charge on any atom is -0.480 e. The van der Waals surface area contributed by atoms with Crippen LogP contribution in [0.2, 0.25) is 0 Å². The van der Waals surface area contributed by atoms with Gasteiger partial charge in [0, 0.05) is 13.1 Å². The van der Waals surface area contributed by atoms with E-state index >= 15 is 0 Å². The molecule has 9 nitrogen and oxygen atoms in total. The number of nitrogens with zero attached hydrogens (tertiary/aromatic N) is 1. The van der Waals surface area contributed by atoms with E-state index in [1.807, 2.05) is 37.3 Å². The predicted molar refractivity (Wildman–Crippen MR) is 119 cm³/mol. The largest absolute Gasteiger partial charge is 0.480 e. The third kappa shape index (κ3) is 10.5. The van der Waals surface area contributed by atoms with Crippen LogP contribution >= 0.6 is 0 Å². The lowest BCUT2D eigenvalue weighted by atomic mass is 9.94. The van der Waals surface area contributed by atoms with Crippen molar-refractivity contribution in [2.24, 2.45) is 5.92 Å². The molecule has 34 heavy (non-hydrogen) atoms. The molecule has 11 heteroatoms. The Bertz CT molecular complexity index is 777. The number of carbonyl (C=O) groups is 3. The summed E-state index contributed by atoms with van der Waals surface area (Å²) in [6, 6.07) is 7.04. The molecule has 2 rings (SSSR count). The van der Waals surface area contributed by atoms with Crippen molar-refractivity contribution in [3.8, 4) is 0 Å². The lowest BCUT2D eigenvalue weighted by molar-refractivity contribution is -0.150. The average Bonchev–Trinajstić information content (AvgIpc) is 2.81. The van der Waals surface area contributed by atoms with Gasteiger partial charge in [0.1, 0.15) is 12.1 Å². The molecule has 1 aromatic carbocycles. The van der Waals surface area contributed by atoms with E-state index in [1.165, 1.54) is 0 Å². The second kappa shape index (κ2) is 14.6. The molecular weight excluding hydrogens is 452 g/mol. The number of benzene rings is 1. The fourth-order valence-corrected chi connectivity index (χ4v) is 3.63. The zero-order valence-corrected chi connectivity index (χ0v) is 19.3. The Labute approximate surface area is 197 Å². The molecule has 1 fully saturated rings. The van der Waals surface area contributed by atoms with Crippen LogP contribution in [0, 0.1) is 5.92 Å². The van der Waals surface area contributed by atoms with Crippen LogP contribution in [0.5, 0.6) is 0 Å². The number of aliphatic carboxylic acids is 1. The molecule has 1 unspecified atom stereocenters. The SMILES string of the molecule is CC(CCc1ccccc1)C[C@H](NC(=O)[C@H](COC(F)F)NC(=O)CN1CCOCC1)C(=O)O. The van der Waals surface area contributed by atoms with Crippen molar-refractivity contribution < 1.29 is 37.7 Å². The van der Waals surface area contributed by atoms with Crippen molar-refractivity contribution in [3.63, 3.8) is 0 Å². The van der Waals surface area contributed by atoms with Crippen LogP contribution < -0.4 is 10.6 Å². The summed E-state index contributed by atoms with van der Waals surface area (Å²) < 4.78 is 34.6. The van der Waals surface area contributed by atoms with Crippen molar-refractivity contribution in [3.05, 3.63) is 35.9 Å². The molecule has 1 aromatic rings. The van der Waals surface area contributed by atoms with Crippen LogP contribution in [0.25, 0.3) is 0 Å². The van der Waals surface area contributed by atoms with E-state index in [1.54, 1.807) is 4.90 Å². The van der Waals surface area contributed by atoms with E-state index in [2.05, 4.69) is 15.4 Å². The third-order valence-corrected chi connectivity index (χ3v) is 5.53. The van der Waals surface area contributed by atoms with Gasteiger partial charge in [-0.25, -0.2) is 4.79 Å². The summed E-state index contributed by atoms with van der Waals surface area (Å²) in [6.45, 7) is -0.0936. The van der Waals surface area contributed by atoms with E-state index in [-0.39, 0.29) is 18.9 Å². The molecule has 0 aromatic heterocycles. The van der Waals surface area contributed by atoms with Crippen molar-refractivity contribution in [2.75, 3.05) is 39.5 Å². The average molecular weight is 486 g/mol. The smallest absolute Gasteiger partial charge is 0.345 e. The highest BCUT2D eigenvalue weighted by atomic mass is 19.3. The van der Waals surface area contributed by atoms with E-state index in [0.29, 0.717) is 32.7 Å². The number of ether oxygens (including phenoxy) is 2. The van der Waals surface area contributed by atoms with Crippen LogP contribution in [0.4, 0.5) is 8.78 Å². The maximum atomic E-state index is 12.7. The molecule has 1 heterocycles. The standard InChI is InChI=1S/C23H33F2N3O6/c1-16(7-8-17-5-3-2-4-6-17)13-18(22(31)32)27-21(30)19(15-34-23(24)25)26-20(29)14-28-9-11-33-12-10-28/h2-6,16,18-19,23H,7-15H2,1H3,(H,26,29)(H,27,30)(H,31,32)/t16?,18-,19-/m0/s1. The summed E-state index contributed by atoms with van der Waals surface area (Å²) in [4.78, 5) is 38.6. The number of carboxylic acids is 1. The van der Waals surface area contributed by atoms with Crippen LogP contribution in [-0.2, 0) is 30.3 Å². The molecule has 3 N–H and O–H groups in total. The molecule has 0 spiro atoms. The van der Waals surface area contributed by atoms with E-state index in [9.17, 15) is 28.3 Å². The Balaban J connectivity index is 1.92. The van der Waals surface area contributed by atoms with Crippen molar-refractivity contribution in [1.82, 2.24) is 15.5 Å². The Hall–Kier alpha value is -2.63. The molecule has 0 radical (unpaired) electrons. The number of morpholine rings is 1. The maximum absolute atomic E-state index is 12.7. The number of carboxylic acid groups (broad SMARTS) is 1. The van der Waals surface area contributed by atoms with E-state index in [4.69, 9.17) is 4.74 Å². The van der Waals surface area contributed by atoms with E-state index in [0.717, 1.165) is 12.0 Å². The van der Waals surface area contributed by atoms with Crippen LogP contribution in [0.1, 0.15) is 25.3 Å². The van der Waals surface area contributed by atoms with Gasteiger partial charge in [-0.15, -0.1) is 0 Å². The second-order valence-corrected chi connectivity index (χ2v) is 8.37. The summed E-state index contributed by atoms with van der Waals surface area (Å²) >= 11 is 0. The first-order valence-electron chi connectivity index (χ1n) is 11.3. The fourth-order valence-electron chi connectivity index (χ4n) is 3.63. The zero-order chi connectivity index (χ0) is 24.9. The number of rotatable bonds is 14. The number of nitrogens with one attached hydrogen (secondary N) is 2. The van der Waals surface area contributed by atoms with Crippen LogP contribution in [-0.4, -0.2) is 85.9 Å². The molecule has 1 aliphatic rings. The lowest BCUT2D eigenvalue weighted by Gasteiger charge is -2.27. The topological polar surface area (TPSA) is 117 Å². The Morgan fingerprint density at radius 1 is 1.12 bits per heavy atom. The Morgan fingerprint density at radius 2 is 1.79 bits per heavy atom. The molecule has 2 amide bonds. The van der Waals surface area contributed by atoms with Crippen molar-refractivity contribution in [2.45, 2.75) is 44.9 Å². The van der Waals surface area contributed by atoms with Gasteiger partial charge in [-0.2, -0.15) is 8.78 Å². The van der Waals surface area contributed by atoms with Crippen LogP contribution in [0.15, 0.2) is 30.3 Å². The number of hydrogen-bond acceptors (Lipinski definition) is 6. The molecule has 1 aliphatic heterocycles. The second-order valence-electron chi connectivity index (χ2n) is 8.37. The molecule has 1 saturated heterocycles. The number of hydrogen-bond donors (Lipinski definition) is 3. The number of amides is 2. The normalized spacial score (nSPS) is 17.1. The maximum Gasteiger partial charge on any atom is 0.345 e. The van der Waals surface area contributed by atoms with Gasteiger partial charge >= 0.3 is 12.6 Å². The van der Waals surface area contributed by atoms with E-state index < -0.39 is 43.1 Å². The highest BCUT2D eigenvalue weighted by molar-refractivity contribution is 5.91. The first kappa shape index (κ1) is 27.6. The lowest BCUT2D eigenvalue weighted by Crippen LogP contribution is -2.55. The first-order chi connectivity index (χ1) is 16.2. The van der Waals surface area contributed by atoms with Gasteiger partial charge < -0.3 is 25.2 Å². The van der Waals surface area contributed by atoms with Gasteiger partial charge in [0.05, 0.1) is 26.4 Å². The highest BCUT2D eigenvalue weighted by Gasteiger charge is 2.29. The first-order valence-corrected chi connectivity index (χ1v) is 11.3. The van der Waals surface area contributed by atoms with Gasteiger partial charge in [-0.05, 0) is 30.7 Å². The summed E-state index contributed by atoms with van der Waals surface area (Å²) in [5.41, 5.74) is 1.12. The van der Waals surface area contributed by atoms with Crippen LogP contribution in [0.3, 0.4) is 0 Å².